The SMILES string of the molecule is CC1(C)CC2C3=CCC4[C@@]5(C)CC[C@H](O)[C@](C)(CO)C5CC[C@@]4(C)[C@]3(C)C[C@@H](O)[C@@]2(CO)[C@@H](O)[C@@H]1O. The lowest BCUT2D eigenvalue weighted by Crippen LogP contribution is -2.71. The first-order chi connectivity index (χ1) is 16.6. The highest BCUT2D eigenvalue weighted by molar-refractivity contribution is 5.36. The Labute approximate surface area is 216 Å². The molecule has 5 aliphatic rings. The fourth-order valence-electron chi connectivity index (χ4n) is 10.9. The van der Waals surface area contributed by atoms with E-state index in [2.05, 4.69) is 33.8 Å². The van der Waals surface area contributed by atoms with Gasteiger partial charge in [-0.25, -0.2) is 0 Å². The van der Waals surface area contributed by atoms with Crippen LogP contribution in [0.25, 0.3) is 0 Å². The first-order valence-electron chi connectivity index (χ1n) is 14.2. The minimum atomic E-state index is -1.19. The third-order valence-corrected chi connectivity index (χ3v) is 13.5. The molecule has 0 aliphatic heterocycles. The summed E-state index contributed by atoms with van der Waals surface area (Å²) < 4.78 is 0. The van der Waals surface area contributed by atoms with E-state index in [0.717, 1.165) is 25.7 Å². The van der Waals surface area contributed by atoms with E-state index in [1.165, 1.54) is 5.57 Å². The molecule has 5 rings (SSSR count). The van der Waals surface area contributed by atoms with Gasteiger partial charge in [0, 0.05) is 5.41 Å². The summed E-state index contributed by atoms with van der Waals surface area (Å²) in [5, 5.41) is 66.1. The van der Waals surface area contributed by atoms with Gasteiger partial charge in [0.1, 0.15) is 0 Å². The molecule has 0 amide bonds. The molecule has 12 atom stereocenters. The molecule has 6 nitrogen and oxygen atoms in total. The van der Waals surface area contributed by atoms with Crippen molar-refractivity contribution in [3.8, 4) is 0 Å². The van der Waals surface area contributed by atoms with Crippen molar-refractivity contribution in [1.29, 1.82) is 0 Å². The molecule has 0 aromatic rings. The average molecular weight is 507 g/mol. The monoisotopic (exact) mass is 506 g/mol. The van der Waals surface area contributed by atoms with Crippen LogP contribution in [0, 0.1) is 50.2 Å². The van der Waals surface area contributed by atoms with Crippen LogP contribution in [-0.2, 0) is 0 Å². The van der Waals surface area contributed by atoms with E-state index < -0.39 is 40.7 Å². The van der Waals surface area contributed by atoms with Gasteiger partial charge in [-0.05, 0) is 84.4 Å². The van der Waals surface area contributed by atoms with Crippen molar-refractivity contribution in [2.24, 2.45) is 50.2 Å². The number of rotatable bonds is 2. The Bertz CT molecular complexity index is 932. The number of hydrogen-bond acceptors (Lipinski definition) is 6. The fraction of sp³-hybridized carbons (Fsp3) is 0.933. The molecule has 6 N–H and O–H groups in total. The van der Waals surface area contributed by atoms with Crippen molar-refractivity contribution < 1.29 is 30.6 Å². The highest BCUT2D eigenvalue weighted by Crippen LogP contribution is 2.75. The highest BCUT2D eigenvalue weighted by atomic mass is 16.3. The van der Waals surface area contributed by atoms with Crippen LogP contribution in [-0.4, -0.2) is 68.3 Å². The third-order valence-electron chi connectivity index (χ3n) is 13.5. The van der Waals surface area contributed by atoms with Crippen molar-refractivity contribution in [2.75, 3.05) is 13.2 Å². The summed E-state index contributed by atoms with van der Waals surface area (Å²) in [7, 11) is 0. The number of aliphatic hydroxyl groups is 6. The molecular weight excluding hydrogens is 456 g/mol. The average Bonchev–Trinajstić information content (AvgIpc) is 2.81. The second-order valence-corrected chi connectivity index (χ2v) is 15.1. The van der Waals surface area contributed by atoms with Gasteiger partial charge in [-0.15, -0.1) is 0 Å². The van der Waals surface area contributed by atoms with Gasteiger partial charge in [0.15, 0.2) is 0 Å². The third kappa shape index (κ3) is 2.95. The van der Waals surface area contributed by atoms with Crippen LogP contribution in [0.3, 0.4) is 0 Å². The van der Waals surface area contributed by atoms with E-state index in [1.54, 1.807) is 0 Å². The molecule has 3 unspecified atom stereocenters. The lowest BCUT2D eigenvalue weighted by atomic mass is 9.33. The highest BCUT2D eigenvalue weighted by Gasteiger charge is 2.72. The van der Waals surface area contributed by atoms with Crippen molar-refractivity contribution >= 4 is 0 Å². The summed E-state index contributed by atoms with van der Waals surface area (Å²) in [4.78, 5) is 0. The second kappa shape index (κ2) is 8.02. The Morgan fingerprint density at radius 2 is 1.44 bits per heavy atom. The second-order valence-electron chi connectivity index (χ2n) is 15.1. The lowest BCUT2D eigenvalue weighted by molar-refractivity contribution is -0.259. The Kier molecular flexibility index (Phi) is 6.03. The van der Waals surface area contributed by atoms with Gasteiger partial charge in [0.05, 0.1) is 43.0 Å². The molecule has 0 radical (unpaired) electrons. The maximum absolute atomic E-state index is 11.8. The maximum atomic E-state index is 11.8. The predicted molar refractivity (Wildman–Crippen MR) is 138 cm³/mol. The van der Waals surface area contributed by atoms with Gasteiger partial charge in [-0.1, -0.05) is 53.2 Å². The van der Waals surface area contributed by atoms with E-state index in [-0.39, 0.29) is 41.3 Å². The number of hydrogen-bond donors (Lipinski definition) is 6. The minimum Gasteiger partial charge on any atom is -0.396 e. The lowest BCUT2D eigenvalue weighted by Gasteiger charge is -2.72. The van der Waals surface area contributed by atoms with Crippen LogP contribution in [0.2, 0.25) is 0 Å². The van der Waals surface area contributed by atoms with Crippen LogP contribution >= 0.6 is 0 Å². The minimum absolute atomic E-state index is 0.00861. The fourth-order valence-corrected chi connectivity index (χ4v) is 10.9. The molecule has 5 aliphatic carbocycles. The molecule has 36 heavy (non-hydrogen) atoms. The molecule has 206 valence electrons. The summed E-state index contributed by atoms with van der Waals surface area (Å²) in [6.07, 6.45) is 4.21. The van der Waals surface area contributed by atoms with Crippen LogP contribution in [0.5, 0.6) is 0 Å². The van der Waals surface area contributed by atoms with Crippen molar-refractivity contribution in [1.82, 2.24) is 0 Å². The molecule has 6 heteroatoms. The molecular formula is C30H50O6. The van der Waals surface area contributed by atoms with Gasteiger partial charge in [0.2, 0.25) is 0 Å². The Morgan fingerprint density at radius 3 is 2.06 bits per heavy atom. The van der Waals surface area contributed by atoms with Crippen LogP contribution < -0.4 is 0 Å². The van der Waals surface area contributed by atoms with E-state index in [4.69, 9.17) is 0 Å². The summed E-state index contributed by atoms with van der Waals surface area (Å²) in [6.45, 7) is 12.7. The first-order valence-corrected chi connectivity index (χ1v) is 14.2. The Balaban J connectivity index is 1.63. The van der Waals surface area contributed by atoms with Gasteiger partial charge in [0.25, 0.3) is 0 Å². The van der Waals surface area contributed by atoms with Crippen molar-refractivity contribution in [3.05, 3.63) is 11.6 Å². The molecule has 0 heterocycles. The van der Waals surface area contributed by atoms with Crippen LogP contribution in [0.15, 0.2) is 11.6 Å². The van der Waals surface area contributed by atoms with E-state index in [1.807, 2.05) is 13.8 Å². The largest absolute Gasteiger partial charge is 0.396 e. The summed E-state index contributed by atoms with van der Waals surface area (Å²) in [5.41, 5.74) is -1.40. The molecule has 0 bridgehead atoms. The molecule has 0 spiro atoms. The summed E-state index contributed by atoms with van der Waals surface area (Å²) >= 11 is 0. The van der Waals surface area contributed by atoms with E-state index in [0.29, 0.717) is 25.2 Å². The molecule has 4 saturated carbocycles. The van der Waals surface area contributed by atoms with E-state index in [9.17, 15) is 30.6 Å². The first kappa shape index (κ1) is 27.1. The van der Waals surface area contributed by atoms with E-state index >= 15 is 0 Å². The summed E-state index contributed by atoms with van der Waals surface area (Å²) in [5.74, 6) is 0.367. The Hall–Kier alpha value is -0.500. The van der Waals surface area contributed by atoms with Gasteiger partial charge >= 0.3 is 0 Å². The molecule has 0 aromatic carbocycles. The van der Waals surface area contributed by atoms with Crippen LogP contribution in [0.1, 0.15) is 86.5 Å². The number of fused-ring (bicyclic) bond motifs is 7. The zero-order valence-corrected chi connectivity index (χ0v) is 23.2. The molecule has 0 aromatic heterocycles. The number of aliphatic hydroxyl groups excluding tert-OH is 6. The van der Waals surface area contributed by atoms with Crippen molar-refractivity contribution in [3.63, 3.8) is 0 Å². The van der Waals surface area contributed by atoms with Crippen LogP contribution in [0.4, 0.5) is 0 Å². The molecule has 4 fully saturated rings. The normalized spacial score (nSPS) is 58.1. The Morgan fingerprint density at radius 1 is 0.778 bits per heavy atom. The van der Waals surface area contributed by atoms with Gasteiger partial charge in [-0.3, -0.25) is 0 Å². The molecule has 0 saturated heterocycles. The quantitative estimate of drug-likeness (QED) is 0.320. The smallest absolute Gasteiger partial charge is 0.0913 e. The zero-order valence-electron chi connectivity index (χ0n) is 23.2. The van der Waals surface area contributed by atoms with Crippen molar-refractivity contribution in [2.45, 2.75) is 111 Å². The zero-order chi connectivity index (χ0) is 26.7. The standard InChI is InChI=1S/C30H50O6/c1-25(2)13-18-17-7-8-20-26(3)11-10-21(33)27(4,15-31)19(26)9-12-28(20,5)29(17,6)14-22(34)30(18,16-32)24(36)23(25)35/h7,18-24,31-36H,8-16H2,1-6H3/t18?,19?,20?,21-,22+,23-,24-,26-,27+,28+,29+,30-/m0/s1. The maximum Gasteiger partial charge on any atom is 0.0913 e. The van der Waals surface area contributed by atoms with Gasteiger partial charge < -0.3 is 30.6 Å². The number of allylic oxidation sites excluding steroid dienone is 2. The predicted octanol–water partition coefficient (Wildman–Crippen LogP) is 3.03. The van der Waals surface area contributed by atoms with Gasteiger partial charge in [-0.2, -0.15) is 0 Å². The summed E-state index contributed by atoms with van der Waals surface area (Å²) in [6, 6.07) is 0. The topological polar surface area (TPSA) is 121 Å².